The summed E-state index contributed by atoms with van der Waals surface area (Å²) in [5, 5.41) is 20.6. The first-order chi connectivity index (χ1) is 7.61. The Hall–Kier alpha value is -1.89. The average molecular weight is 225 g/mol. The van der Waals surface area contributed by atoms with Gasteiger partial charge in [-0.25, -0.2) is 9.97 Å². The Bertz CT molecular complexity index is 382. The molecule has 1 atom stereocenters. The Balaban J connectivity index is 3.13. The van der Waals surface area contributed by atoms with Gasteiger partial charge in [-0.05, 0) is 6.92 Å². The van der Waals surface area contributed by atoms with Crippen LogP contribution >= 0.6 is 0 Å². The van der Waals surface area contributed by atoms with Gasteiger partial charge in [0.1, 0.15) is 0 Å². The fraction of sp³-hybridized carbons (Fsp3) is 0.444. The zero-order chi connectivity index (χ0) is 12.1. The third-order valence-corrected chi connectivity index (χ3v) is 2.29. The summed E-state index contributed by atoms with van der Waals surface area (Å²) in [5.74, 6) is 0.347. The summed E-state index contributed by atoms with van der Waals surface area (Å²) in [5.41, 5.74) is 5.77. The fourth-order valence-corrected chi connectivity index (χ4v) is 1.15. The summed E-state index contributed by atoms with van der Waals surface area (Å²) in [6, 6.07) is -0.137. The van der Waals surface area contributed by atoms with E-state index in [1.54, 1.807) is 11.9 Å². The molecule has 0 aliphatic heterocycles. The first kappa shape index (κ1) is 12.2. The predicted molar refractivity (Wildman–Crippen MR) is 59.5 cm³/mol. The second kappa shape index (κ2) is 5.26. The van der Waals surface area contributed by atoms with Gasteiger partial charge in [-0.2, -0.15) is 0 Å². The number of hydrogen-bond donors (Lipinski definition) is 3. The average Bonchev–Trinajstić information content (AvgIpc) is 2.35. The number of likely N-dealkylation sites (N-methyl/N-ethyl adjacent to an activating group) is 1. The molecule has 0 radical (unpaired) electrons. The predicted octanol–water partition coefficient (Wildman–Crippen LogP) is -0.612. The second-order valence-electron chi connectivity index (χ2n) is 3.36. The number of aromatic nitrogens is 2. The lowest BCUT2D eigenvalue weighted by Gasteiger charge is -2.25. The third kappa shape index (κ3) is 2.37. The summed E-state index contributed by atoms with van der Waals surface area (Å²) in [7, 11) is 1.75. The van der Waals surface area contributed by atoms with Gasteiger partial charge in [-0.15, -0.1) is 0 Å². The molecule has 1 aromatic heterocycles. The van der Waals surface area contributed by atoms with Crippen LogP contribution in [0.3, 0.4) is 0 Å². The molecule has 0 bridgehead atoms. The lowest BCUT2D eigenvalue weighted by Crippen LogP contribution is -2.34. The van der Waals surface area contributed by atoms with Crippen LogP contribution in [0.25, 0.3) is 0 Å². The van der Waals surface area contributed by atoms with E-state index in [1.165, 1.54) is 12.4 Å². The van der Waals surface area contributed by atoms with Gasteiger partial charge in [0, 0.05) is 19.4 Å². The van der Waals surface area contributed by atoms with E-state index in [4.69, 9.17) is 16.0 Å². The van der Waals surface area contributed by atoms with Crippen LogP contribution in [0.2, 0.25) is 0 Å². The van der Waals surface area contributed by atoms with Crippen molar-refractivity contribution in [2.75, 3.05) is 18.6 Å². The minimum Gasteiger partial charge on any atom is -0.409 e. The zero-order valence-corrected chi connectivity index (χ0v) is 9.20. The van der Waals surface area contributed by atoms with E-state index in [0.29, 0.717) is 5.82 Å². The zero-order valence-electron chi connectivity index (χ0n) is 9.20. The molecule has 1 unspecified atom stereocenters. The minimum absolute atomic E-state index is 0.0251. The molecule has 88 valence electrons. The molecule has 0 aliphatic carbocycles. The topological polar surface area (TPSA) is 108 Å². The van der Waals surface area contributed by atoms with Gasteiger partial charge in [0.2, 0.25) is 0 Å². The SMILES string of the molecule is CC(CO)N(C)c1nccnc1C(N)=NO. The Morgan fingerprint density at radius 3 is 2.75 bits per heavy atom. The molecule has 0 aliphatic rings. The molecule has 7 heteroatoms. The quantitative estimate of drug-likeness (QED) is 0.273. The number of aliphatic hydroxyl groups is 1. The standard InChI is InChI=1S/C9H15N5O2/c1-6(5-15)14(2)9-7(8(10)13-16)11-3-4-12-9/h3-4,6,15-16H,5H2,1-2H3,(H2,10,13). The Morgan fingerprint density at radius 1 is 1.56 bits per heavy atom. The number of rotatable bonds is 4. The Labute approximate surface area is 93.2 Å². The van der Waals surface area contributed by atoms with Crippen molar-refractivity contribution in [2.24, 2.45) is 10.9 Å². The van der Waals surface area contributed by atoms with Crippen molar-refractivity contribution >= 4 is 11.7 Å². The van der Waals surface area contributed by atoms with Crippen molar-refractivity contribution < 1.29 is 10.3 Å². The molecule has 4 N–H and O–H groups in total. The minimum atomic E-state index is -0.137. The van der Waals surface area contributed by atoms with Crippen molar-refractivity contribution in [1.29, 1.82) is 0 Å². The number of anilines is 1. The summed E-state index contributed by atoms with van der Waals surface area (Å²) in [4.78, 5) is 9.79. The molecule has 0 aromatic carbocycles. The van der Waals surface area contributed by atoms with Gasteiger partial charge in [-0.1, -0.05) is 5.16 Å². The molecule has 7 nitrogen and oxygen atoms in total. The van der Waals surface area contributed by atoms with Crippen LogP contribution in [-0.2, 0) is 0 Å². The molecule has 0 saturated heterocycles. The van der Waals surface area contributed by atoms with E-state index in [1.807, 2.05) is 6.92 Å². The maximum Gasteiger partial charge on any atom is 0.192 e. The highest BCUT2D eigenvalue weighted by atomic mass is 16.4. The van der Waals surface area contributed by atoms with Gasteiger partial charge in [0.25, 0.3) is 0 Å². The smallest absolute Gasteiger partial charge is 0.192 e. The van der Waals surface area contributed by atoms with Gasteiger partial charge < -0.3 is 20.9 Å². The van der Waals surface area contributed by atoms with Gasteiger partial charge in [0.15, 0.2) is 17.3 Å². The molecular weight excluding hydrogens is 210 g/mol. The monoisotopic (exact) mass is 225 g/mol. The first-order valence-corrected chi connectivity index (χ1v) is 4.74. The summed E-state index contributed by atoms with van der Waals surface area (Å²) >= 11 is 0. The Morgan fingerprint density at radius 2 is 2.19 bits per heavy atom. The molecule has 0 saturated carbocycles. The number of oxime groups is 1. The summed E-state index contributed by atoms with van der Waals surface area (Å²) in [6.07, 6.45) is 2.96. The van der Waals surface area contributed by atoms with Crippen LogP contribution in [-0.4, -0.2) is 45.8 Å². The maximum absolute atomic E-state index is 9.05. The number of amidine groups is 1. The highest BCUT2D eigenvalue weighted by molar-refractivity contribution is 5.99. The third-order valence-electron chi connectivity index (χ3n) is 2.29. The molecule has 16 heavy (non-hydrogen) atoms. The normalized spacial score (nSPS) is 13.6. The van der Waals surface area contributed by atoms with Crippen molar-refractivity contribution in [2.45, 2.75) is 13.0 Å². The van der Waals surface area contributed by atoms with E-state index in [-0.39, 0.29) is 24.2 Å². The highest BCUT2D eigenvalue weighted by Gasteiger charge is 2.17. The van der Waals surface area contributed by atoms with E-state index in [9.17, 15) is 0 Å². The molecular formula is C9H15N5O2. The summed E-state index contributed by atoms with van der Waals surface area (Å²) < 4.78 is 0. The summed E-state index contributed by atoms with van der Waals surface area (Å²) in [6.45, 7) is 1.80. The molecule has 0 amide bonds. The largest absolute Gasteiger partial charge is 0.409 e. The molecule has 0 fully saturated rings. The molecule has 1 rings (SSSR count). The van der Waals surface area contributed by atoms with E-state index >= 15 is 0 Å². The van der Waals surface area contributed by atoms with Crippen molar-refractivity contribution in [3.8, 4) is 0 Å². The van der Waals surface area contributed by atoms with Crippen molar-refractivity contribution in [1.82, 2.24) is 9.97 Å². The van der Waals surface area contributed by atoms with Crippen LogP contribution in [0.5, 0.6) is 0 Å². The van der Waals surface area contributed by atoms with Gasteiger partial charge >= 0.3 is 0 Å². The molecule has 1 heterocycles. The number of hydrogen-bond acceptors (Lipinski definition) is 6. The number of nitrogens with zero attached hydrogens (tertiary/aromatic N) is 4. The van der Waals surface area contributed by atoms with Crippen molar-refractivity contribution in [3.63, 3.8) is 0 Å². The number of aliphatic hydroxyl groups excluding tert-OH is 1. The van der Waals surface area contributed by atoms with Crippen molar-refractivity contribution in [3.05, 3.63) is 18.1 Å². The second-order valence-corrected chi connectivity index (χ2v) is 3.36. The van der Waals surface area contributed by atoms with Crippen LogP contribution in [0.4, 0.5) is 5.82 Å². The Kier molecular flexibility index (Phi) is 4.01. The van der Waals surface area contributed by atoms with Crippen LogP contribution in [0.15, 0.2) is 17.5 Å². The number of nitrogens with two attached hydrogens (primary N) is 1. The maximum atomic E-state index is 9.05. The lowest BCUT2D eigenvalue weighted by atomic mass is 10.3. The highest BCUT2D eigenvalue weighted by Crippen LogP contribution is 2.15. The van der Waals surface area contributed by atoms with Crippen LogP contribution in [0, 0.1) is 0 Å². The molecule has 0 spiro atoms. The van der Waals surface area contributed by atoms with E-state index < -0.39 is 0 Å². The van der Waals surface area contributed by atoms with Gasteiger partial charge in [0.05, 0.1) is 12.6 Å². The van der Waals surface area contributed by atoms with Crippen LogP contribution in [0.1, 0.15) is 12.6 Å². The fourth-order valence-electron chi connectivity index (χ4n) is 1.15. The van der Waals surface area contributed by atoms with Gasteiger partial charge in [-0.3, -0.25) is 0 Å². The van der Waals surface area contributed by atoms with Crippen LogP contribution < -0.4 is 10.6 Å². The van der Waals surface area contributed by atoms with E-state index in [0.717, 1.165) is 0 Å². The first-order valence-electron chi connectivity index (χ1n) is 4.74. The lowest BCUT2D eigenvalue weighted by molar-refractivity contribution is 0.269. The molecule has 1 aromatic rings. The van der Waals surface area contributed by atoms with E-state index in [2.05, 4.69) is 15.1 Å².